The van der Waals surface area contributed by atoms with Crippen molar-refractivity contribution in [2.24, 2.45) is 0 Å². The molecule has 0 aliphatic heterocycles. The summed E-state index contributed by atoms with van der Waals surface area (Å²) in [5.74, 6) is -0.339. The number of nitrogens with zero attached hydrogens (tertiary/aromatic N) is 1. The number of benzene rings is 2. The molecule has 0 amide bonds. The van der Waals surface area contributed by atoms with Gasteiger partial charge in [-0.05, 0) is 0 Å². The molecule has 0 heterocycles. The van der Waals surface area contributed by atoms with E-state index in [4.69, 9.17) is 0 Å². The van der Waals surface area contributed by atoms with Crippen molar-refractivity contribution in [1.82, 2.24) is 4.90 Å². The average Bonchev–Trinajstić information content (AvgIpc) is 2.53. The lowest BCUT2D eigenvalue weighted by Crippen LogP contribution is -2.21. The van der Waals surface area contributed by atoms with Crippen LogP contribution in [0.15, 0.2) is 72.4 Å². The maximum atomic E-state index is 12.5. The van der Waals surface area contributed by atoms with E-state index in [9.17, 15) is 9.59 Å². The van der Waals surface area contributed by atoms with Crippen LogP contribution in [0.4, 0.5) is 0 Å². The lowest BCUT2D eigenvalue weighted by Gasteiger charge is -2.16. The molecule has 0 radical (unpaired) electrons. The van der Waals surface area contributed by atoms with E-state index >= 15 is 0 Å². The third kappa shape index (κ3) is 3.66. The zero-order chi connectivity index (χ0) is 15.2. The zero-order valence-electron chi connectivity index (χ0n) is 12.1. The molecule has 21 heavy (non-hydrogen) atoms. The summed E-state index contributed by atoms with van der Waals surface area (Å²) < 4.78 is 0. The second-order valence-corrected chi connectivity index (χ2v) is 4.85. The van der Waals surface area contributed by atoms with Gasteiger partial charge in [0.25, 0.3) is 0 Å². The van der Waals surface area contributed by atoms with Gasteiger partial charge in [0.2, 0.25) is 5.78 Å². The number of hydrogen-bond acceptors (Lipinski definition) is 3. The van der Waals surface area contributed by atoms with Crippen molar-refractivity contribution in [1.29, 1.82) is 0 Å². The van der Waals surface area contributed by atoms with E-state index < -0.39 is 0 Å². The van der Waals surface area contributed by atoms with Gasteiger partial charge < -0.3 is 4.90 Å². The Bertz CT molecular complexity index is 658. The van der Waals surface area contributed by atoms with Gasteiger partial charge in [0.05, 0.1) is 5.70 Å². The van der Waals surface area contributed by atoms with E-state index in [0.29, 0.717) is 16.8 Å². The fourth-order valence-corrected chi connectivity index (χ4v) is 1.95. The van der Waals surface area contributed by atoms with E-state index in [2.05, 4.69) is 0 Å². The maximum absolute atomic E-state index is 12.5. The molecule has 3 nitrogen and oxygen atoms in total. The lowest BCUT2D eigenvalue weighted by atomic mass is 10.0. The summed E-state index contributed by atoms with van der Waals surface area (Å²) >= 11 is 0. The number of likely N-dealkylation sites (N-methyl/N-ethyl adjacent to an activating group) is 1. The highest BCUT2D eigenvalue weighted by atomic mass is 16.1. The number of Topliss-reactive ketones (excluding diaryl/α,β-unsaturated/α-hetero) is 1. The average molecular weight is 279 g/mol. The molecule has 0 saturated heterocycles. The minimum absolute atomic E-state index is 0.162. The van der Waals surface area contributed by atoms with E-state index in [1.54, 1.807) is 67.5 Å². The smallest absolute Gasteiger partial charge is 0.209 e. The molecule has 2 aromatic rings. The summed E-state index contributed by atoms with van der Waals surface area (Å²) in [6, 6.07) is 17.9. The highest BCUT2D eigenvalue weighted by molar-refractivity contribution is 6.14. The fourth-order valence-electron chi connectivity index (χ4n) is 1.95. The molecule has 2 rings (SSSR count). The van der Waals surface area contributed by atoms with Crippen molar-refractivity contribution < 1.29 is 9.59 Å². The van der Waals surface area contributed by atoms with Crippen molar-refractivity contribution in [2.75, 3.05) is 14.1 Å². The molecule has 0 fully saturated rings. The topological polar surface area (TPSA) is 37.4 Å². The van der Waals surface area contributed by atoms with Crippen LogP contribution in [0.3, 0.4) is 0 Å². The van der Waals surface area contributed by atoms with Crippen LogP contribution >= 0.6 is 0 Å². The molecule has 0 N–H and O–H groups in total. The second-order valence-electron chi connectivity index (χ2n) is 4.85. The highest BCUT2D eigenvalue weighted by Crippen LogP contribution is 2.12. The number of carbonyl (C=O) groups is 2. The van der Waals surface area contributed by atoms with E-state index in [1.807, 2.05) is 12.1 Å². The Morgan fingerprint density at radius 2 is 1.29 bits per heavy atom. The van der Waals surface area contributed by atoms with Crippen LogP contribution in [0.1, 0.15) is 20.7 Å². The van der Waals surface area contributed by atoms with Crippen LogP contribution in [0.25, 0.3) is 0 Å². The zero-order valence-corrected chi connectivity index (χ0v) is 12.1. The molecule has 0 spiro atoms. The first-order valence-corrected chi connectivity index (χ1v) is 6.67. The van der Waals surface area contributed by atoms with Crippen LogP contribution in [0.5, 0.6) is 0 Å². The van der Waals surface area contributed by atoms with Crippen LogP contribution in [-0.2, 0) is 0 Å². The number of rotatable bonds is 5. The quantitative estimate of drug-likeness (QED) is 0.623. The molecule has 0 unspecified atom stereocenters. The third-order valence-corrected chi connectivity index (χ3v) is 3.08. The molecule has 106 valence electrons. The summed E-state index contributed by atoms with van der Waals surface area (Å²) in [5.41, 5.74) is 1.51. The minimum Gasteiger partial charge on any atom is -0.374 e. The molecule has 0 aromatic heterocycles. The van der Waals surface area contributed by atoms with Crippen molar-refractivity contribution in [3.63, 3.8) is 0 Å². The number of hydrogen-bond donors (Lipinski definition) is 0. The first kappa shape index (κ1) is 14.7. The first-order valence-electron chi connectivity index (χ1n) is 6.67. The molecule has 0 bridgehead atoms. The number of ketones is 2. The van der Waals surface area contributed by atoms with Crippen molar-refractivity contribution in [3.8, 4) is 0 Å². The summed E-state index contributed by atoms with van der Waals surface area (Å²) in [7, 11) is 3.51. The first-order chi connectivity index (χ1) is 10.1. The Balaban J connectivity index is 2.33. The van der Waals surface area contributed by atoms with Crippen molar-refractivity contribution >= 4 is 11.6 Å². The van der Waals surface area contributed by atoms with Crippen LogP contribution < -0.4 is 0 Å². The normalized spacial score (nSPS) is 11.0. The molecule has 2 aromatic carbocycles. The van der Waals surface area contributed by atoms with Crippen molar-refractivity contribution in [3.05, 3.63) is 83.6 Å². The molecule has 3 heteroatoms. The molecule has 0 saturated carbocycles. The Kier molecular flexibility index (Phi) is 4.67. The van der Waals surface area contributed by atoms with Crippen LogP contribution in [0.2, 0.25) is 0 Å². The molecular formula is C18H17NO2. The van der Waals surface area contributed by atoms with E-state index in [0.717, 1.165) is 0 Å². The Labute approximate surface area is 124 Å². The van der Waals surface area contributed by atoms with E-state index in [1.165, 1.54) is 6.08 Å². The Morgan fingerprint density at radius 1 is 0.810 bits per heavy atom. The van der Waals surface area contributed by atoms with Gasteiger partial charge in [0.15, 0.2) is 5.78 Å². The Hall–Kier alpha value is -2.68. The van der Waals surface area contributed by atoms with Crippen LogP contribution in [-0.4, -0.2) is 30.6 Å². The highest BCUT2D eigenvalue weighted by Gasteiger charge is 2.16. The van der Waals surface area contributed by atoms with Gasteiger partial charge in [-0.3, -0.25) is 9.59 Å². The Morgan fingerprint density at radius 3 is 1.76 bits per heavy atom. The third-order valence-electron chi connectivity index (χ3n) is 3.08. The summed E-state index contributed by atoms with van der Waals surface area (Å²) in [6.07, 6.45) is 1.39. The molecule has 0 aliphatic carbocycles. The van der Waals surface area contributed by atoms with Gasteiger partial charge in [0, 0.05) is 31.3 Å². The minimum atomic E-state index is -0.177. The van der Waals surface area contributed by atoms with Crippen molar-refractivity contribution in [2.45, 2.75) is 0 Å². The molecule has 0 aliphatic rings. The number of carbonyl (C=O) groups excluding carboxylic acids is 2. The predicted molar refractivity (Wildman–Crippen MR) is 83.3 cm³/mol. The van der Waals surface area contributed by atoms with E-state index in [-0.39, 0.29) is 11.6 Å². The van der Waals surface area contributed by atoms with Gasteiger partial charge in [0.1, 0.15) is 0 Å². The fraction of sp³-hybridized carbons (Fsp3) is 0.111. The summed E-state index contributed by atoms with van der Waals surface area (Å²) in [5, 5.41) is 0. The second kappa shape index (κ2) is 6.66. The van der Waals surface area contributed by atoms with Gasteiger partial charge in [-0.2, -0.15) is 0 Å². The van der Waals surface area contributed by atoms with Gasteiger partial charge >= 0.3 is 0 Å². The number of allylic oxidation sites excluding steroid dienone is 2. The van der Waals surface area contributed by atoms with Gasteiger partial charge in [-0.1, -0.05) is 60.7 Å². The molecule has 0 atom stereocenters. The van der Waals surface area contributed by atoms with Gasteiger partial charge in [-0.15, -0.1) is 0 Å². The summed E-state index contributed by atoms with van der Waals surface area (Å²) in [4.78, 5) is 26.4. The lowest BCUT2D eigenvalue weighted by molar-refractivity contribution is 0.0985. The monoisotopic (exact) mass is 279 g/mol. The SMILES string of the molecule is CN(C)/C(=C\C(=O)c1ccccc1)C(=O)c1ccccc1. The van der Waals surface area contributed by atoms with Gasteiger partial charge in [-0.25, -0.2) is 0 Å². The standard InChI is InChI=1S/C18H17NO2/c1-19(2)16(18(21)15-11-7-4-8-12-15)13-17(20)14-9-5-3-6-10-14/h3-13H,1-2H3/b16-13-. The summed E-state index contributed by atoms with van der Waals surface area (Å²) in [6.45, 7) is 0. The predicted octanol–water partition coefficient (Wildman–Crippen LogP) is 3.20. The largest absolute Gasteiger partial charge is 0.374 e. The van der Waals surface area contributed by atoms with Crippen LogP contribution in [0, 0.1) is 0 Å². The maximum Gasteiger partial charge on any atom is 0.209 e. The molecular weight excluding hydrogens is 262 g/mol.